The smallest absolute Gasteiger partial charge is 0.218 e. The van der Waals surface area contributed by atoms with Crippen LogP contribution in [-0.2, 0) is 6.54 Å². The van der Waals surface area contributed by atoms with Gasteiger partial charge in [0.15, 0.2) is 0 Å². The van der Waals surface area contributed by atoms with Crippen molar-refractivity contribution in [2.24, 2.45) is 0 Å². The number of aryl methyl sites for hydroxylation is 2. The fourth-order valence-electron chi connectivity index (χ4n) is 2.58. The molecule has 1 aromatic carbocycles. The molecule has 1 aliphatic heterocycles. The Kier molecular flexibility index (Phi) is 3.15. The number of aromatic nitrogens is 1. The van der Waals surface area contributed by atoms with E-state index in [-0.39, 0.29) is 6.10 Å². The van der Waals surface area contributed by atoms with Gasteiger partial charge in [0.05, 0.1) is 5.52 Å². The predicted molar refractivity (Wildman–Crippen MR) is 77.6 cm³/mol. The first-order valence-electron chi connectivity index (χ1n) is 6.96. The molecule has 1 N–H and O–H groups in total. The molecule has 0 spiro atoms. The molecule has 0 bridgehead atoms. The molecule has 19 heavy (non-hydrogen) atoms. The van der Waals surface area contributed by atoms with Gasteiger partial charge in [-0.3, -0.25) is 0 Å². The van der Waals surface area contributed by atoms with Gasteiger partial charge in [0.2, 0.25) is 5.88 Å². The Morgan fingerprint density at radius 2 is 2.11 bits per heavy atom. The van der Waals surface area contributed by atoms with E-state index < -0.39 is 0 Å². The first-order valence-corrected chi connectivity index (χ1v) is 6.96. The molecule has 1 atom stereocenters. The van der Waals surface area contributed by atoms with Gasteiger partial charge >= 0.3 is 0 Å². The number of nitrogens with one attached hydrogen (secondary N) is 1. The third kappa shape index (κ3) is 2.19. The van der Waals surface area contributed by atoms with Gasteiger partial charge in [-0.1, -0.05) is 19.1 Å². The van der Waals surface area contributed by atoms with Crippen molar-refractivity contribution in [3.63, 3.8) is 0 Å². The second-order valence-electron chi connectivity index (χ2n) is 5.33. The molecule has 3 nitrogen and oxygen atoms in total. The molecular formula is C16H20N2O. The van der Waals surface area contributed by atoms with Crippen LogP contribution in [0.15, 0.2) is 18.2 Å². The molecule has 3 heteroatoms. The fraction of sp³-hybridized carbons (Fsp3) is 0.438. The quantitative estimate of drug-likeness (QED) is 0.851. The summed E-state index contributed by atoms with van der Waals surface area (Å²) in [6, 6.07) is 6.51. The monoisotopic (exact) mass is 256 g/mol. The number of hydrogen-bond acceptors (Lipinski definition) is 3. The Morgan fingerprint density at radius 3 is 2.89 bits per heavy atom. The standard InChI is InChI=1S/C16H20N2O/c1-4-13-9-17-8-12-7-14-10(2)5-6-11(3)15(14)18-16(12)19-13/h5-7,13,17H,4,8-9H2,1-3H3. The molecule has 2 aromatic rings. The summed E-state index contributed by atoms with van der Waals surface area (Å²) in [5.41, 5.74) is 4.71. The van der Waals surface area contributed by atoms with Crippen LogP contribution in [0.1, 0.15) is 30.0 Å². The van der Waals surface area contributed by atoms with Gasteiger partial charge < -0.3 is 10.1 Å². The highest BCUT2D eigenvalue weighted by molar-refractivity contribution is 5.86. The molecule has 1 aliphatic rings. The summed E-state index contributed by atoms with van der Waals surface area (Å²) in [5.74, 6) is 0.804. The third-order valence-electron chi connectivity index (χ3n) is 3.86. The van der Waals surface area contributed by atoms with E-state index >= 15 is 0 Å². The SMILES string of the molecule is CCC1CNCc2cc3c(C)ccc(C)c3nc2O1. The van der Waals surface area contributed by atoms with Gasteiger partial charge in [-0.05, 0) is 37.5 Å². The Hall–Kier alpha value is -1.61. The predicted octanol–water partition coefficient (Wildman–Crippen LogP) is 3.11. The van der Waals surface area contributed by atoms with Crippen LogP contribution in [0, 0.1) is 13.8 Å². The van der Waals surface area contributed by atoms with E-state index in [0.29, 0.717) is 0 Å². The average molecular weight is 256 g/mol. The van der Waals surface area contributed by atoms with Crippen molar-refractivity contribution in [1.82, 2.24) is 10.3 Å². The Bertz CT molecular complexity index is 622. The van der Waals surface area contributed by atoms with Crippen molar-refractivity contribution in [1.29, 1.82) is 0 Å². The zero-order chi connectivity index (χ0) is 13.4. The second-order valence-corrected chi connectivity index (χ2v) is 5.33. The summed E-state index contributed by atoms with van der Waals surface area (Å²) < 4.78 is 6.04. The number of fused-ring (bicyclic) bond motifs is 2. The molecule has 2 heterocycles. The van der Waals surface area contributed by atoms with Crippen LogP contribution in [0.25, 0.3) is 10.9 Å². The van der Waals surface area contributed by atoms with Crippen molar-refractivity contribution in [3.05, 3.63) is 34.9 Å². The van der Waals surface area contributed by atoms with Gasteiger partial charge in [0, 0.05) is 24.0 Å². The number of pyridine rings is 1. The van der Waals surface area contributed by atoms with Crippen LogP contribution in [0.2, 0.25) is 0 Å². The van der Waals surface area contributed by atoms with Gasteiger partial charge in [-0.2, -0.15) is 0 Å². The van der Waals surface area contributed by atoms with Crippen LogP contribution < -0.4 is 10.1 Å². The van der Waals surface area contributed by atoms with E-state index in [4.69, 9.17) is 9.72 Å². The molecule has 1 unspecified atom stereocenters. The molecule has 0 aliphatic carbocycles. The van der Waals surface area contributed by atoms with E-state index in [1.54, 1.807) is 0 Å². The van der Waals surface area contributed by atoms with Crippen LogP contribution in [0.3, 0.4) is 0 Å². The lowest BCUT2D eigenvalue weighted by atomic mass is 10.0. The van der Waals surface area contributed by atoms with Gasteiger partial charge in [0.1, 0.15) is 6.10 Å². The van der Waals surface area contributed by atoms with Crippen molar-refractivity contribution < 1.29 is 4.74 Å². The summed E-state index contributed by atoms with van der Waals surface area (Å²) in [4.78, 5) is 4.77. The largest absolute Gasteiger partial charge is 0.473 e. The first kappa shape index (κ1) is 12.4. The minimum Gasteiger partial charge on any atom is -0.473 e. The highest BCUT2D eigenvalue weighted by atomic mass is 16.5. The molecule has 0 saturated heterocycles. The van der Waals surface area contributed by atoms with Crippen molar-refractivity contribution in [3.8, 4) is 5.88 Å². The van der Waals surface area contributed by atoms with Crippen LogP contribution in [-0.4, -0.2) is 17.6 Å². The Balaban J connectivity index is 2.18. The number of ether oxygens (including phenoxy) is 1. The summed E-state index contributed by atoms with van der Waals surface area (Å²) in [6.45, 7) is 8.11. The van der Waals surface area contributed by atoms with Crippen molar-refractivity contribution in [2.75, 3.05) is 6.54 Å². The van der Waals surface area contributed by atoms with E-state index in [9.17, 15) is 0 Å². The summed E-state index contributed by atoms with van der Waals surface area (Å²) in [5, 5.41) is 4.67. The normalized spacial score (nSPS) is 18.8. The molecular weight excluding hydrogens is 236 g/mol. The zero-order valence-corrected chi connectivity index (χ0v) is 11.8. The Morgan fingerprint density at radius 1 is 1.32 bits per heavy atom. The molecule has 0 amide bonds. The van der Waals surface area contributed by atoms with Gasteiger partial charge in [0.25, 0.3) is 0 Å². The van der Waals surface area contributed by atoms with Crippen LogP contribution in [0.4, 0.5) is 0 Å². The fourth-order valence-corrected chi connectivity index (χ4v) is 2.58. The number of benzene rings is 1. The molecule has 0 radical (unpaired) electrons. The number of rotatable bonds is 1. The lowest BCUT2D eigenvalue weighted by molar-refractivity contribution is 0.195. The van der Waals surface area contributed by atoms with Gasteiger partial charge in [-0.25, -0.2) is 4.98 Å². The van der Waals surface area contributed by atoms with E-state index in [2.05, 4.69) is 44.3 Å². The van der Waals surface area contributed by atoms with E-state index in [0.717, 1.165) is 36.5 Å². The second kappa shape index (κ2) is 4.82. The van der Waals surface area contributed by atoms with E-state index in [1.165, 1.54) is 16.5 Å². The number of nitrogens with zero attached hydrogens (tertiary/aromatic N) is 1. The maximum atomic E-state index is 6.04. The minimum absolute atomic E-state index is 0.219. The van der Waals surface area contributed by atoms with Crippen LogP contribution >= 0.6 is 0 Å². The molecule has 3 rings (SSSR count). The summed E-state index contributed by atoms with van der Waals surface area (Å²) in [7, 11) is 0. The molecule has 0 saturated carbocycles. The minimum atomic E-state index is 0.219. The van der Waals surface area contributed by atoms with Crippen molar-refractivity contribution in [2.45, 2.75) is 39.8 Å². The summed E-state index contributed by atoms with van der Waals surface area (Å²) in [6.07, 6.45) is 1.22. The Labute approximate surface area is 114 Å². The van der Waals surface area contributed by atoms with Crippen LogP contribution in [0.5, 0.6) is 5.88 Å². The highest BCUT2D eigenvalue weighted by Gasteiger charge is 2.18. The number of hydrogen-bond donors (Lipinski definition) is 1. The lowest BCUT2D eigenvalue weighted by Gasteiger charge is -2.15. The molecule has 100 valence electrons. The third-order valence-corrected chi connectivity index (χ3v) is 3.86. The molecule has 0 fully saturated rings. The zero-order valence-electron chi connectivity index (χ0n) is 11.8. The van der Waals surface area contributed by atoms with Gasteiger partial charge in [-0.15, -0.1) is 0 Å². The lowest BCUT2D eigenvalue weighted by Crippen LogP contribution is -2.27. The highest BCUT2D eigenvalue weighted by Crippen LogP contribution is 2.28. The topological polar surface area (TPSA) is 34.2 Å². The van der Waals surface area contributed by atoms with Crippen molar-refractivity contribution >= 4 is 10.9 Å². The maximum Gasteiger partial charge on any atom is 0.218 e. The maximum absolute atomic E-state index is 6.04. The van der Waals surface area contributed by atoms with E-state index in [1.807, 2.05) is 0 Å². The summed E-state index contributed by atoms with van der Waals surface area (Å²) >= 11 is 0. The first-order chi connectivity index (χ1) is 9.19. The average Bonchev–Trinajstić information content (AvgIpc) is 2.62. The molecule has 1 aromatic heterocycles.